The monoisotopic (exact) mass is 500 g/mol. The Morgan fingerprint density at radius 1 is 0.941 bits per heavy atom. The minimum absolute atomic E-state index is 0.0841. The first-order chi connectivity index (χ1) is 16.6. The van der Waals surface area contributed by atoms with Gasteiger partial charge in [0, 0.05) is 0 Å². The molecule has 0 unspecified atom stereocenters. The van der Waals surface area contributed by atoms with Crippen molar-refractivity contribution in [1.29, 1.82) is 0 Å². The van der Waals surface area contributed by atoms with E-state index in [9.17, 15) is 4.79 Å². The Labute approximate surface area is 211 Å². The maximum Gasteiger partial charge on any atom is 0.272 e. The molecular weight excluding hydrogens is 477 g/mol. The van der Waals surface area contributed by atoms with E-state index in [2.05, 4.69) is 68.5 Å². The number of allylic oxidation sites excluding steroid dienone is 4. The Kier molecular flexibility index (Phi) is 5.76. The van der Waals surface area contributed by atoms with Crippen LogP contribution in [0.3, 0.4) is 0 Å². The summed E-state index contributed by atoms with van der Waals surface area (Å²) in [6.45, 7) is 4.26. The molecule has 1 aliphatic carbocycles. The number of rotatable bonds is 2. The first-order valence-corrected chi connectivity index (χ1v) is 14.0. The molecule has 0 amide bonds. The molecule has 0 saturated carbocycles. The third-order valence-corrected chi connectivity index (χ3v) is 10.5. The zero-order valence-corrected chi connectivity index (χ0v) is 21.5. The first kappa shape index (κ1) is 22.0. The van der Waals surface area contributed by atoms with E-state index >= 15 is 0 Å². The van der Waals surface area contributed by atoms with Gasteiger partial charge in [-0.25, -0.2) is 4.99 Å². The number of aromatic nitrogens is 1. The average molecular weight is 501 g/mol. The van der Waals surface area contributed by atoms with Gasteiger partial charge < -0.3 is 0 Å². The summed E-state index contributed by atoms with van der Waals surface area (Å²) in [4.78, 5) is 22.4. The van der Waals surface area contributed by atoms with E-state index in [1.807, 2.05) is 16.7 Å². The SMILES string of the molecule is CC1=C(C)SC(=c2sc3n(c2=O)[C@H](c2ccccc2)C2=C(N=3)/C(=C\c3ccccc3)CCC2)S1. The number of thioether (sulfide) groups is 2. The van der Waals surface area contributed by atoms with Gasteiger partial charge in [0.1, 0.15) is 4.53 Å². The lowest BCUT2D eigenvalue weighted by atomic mass is 9.84. The second-order valence-corrected chi connectivity index (χ2v) is 12.4. The smallest absolute Gasteiger partial charge is 0.272 e. The van der Waals surface area contributed by atoms with Crippen LogP contribution in [0.15, 0.2) is 97.1 Å². The van der Waals surface area contributed by atoms with Gasteiger partial charge in [-0.15, -0.1) is 0 Å². The molecule has 2 aliphatic heterocycles. The Hall–Kier alpha value is -2.54. The lowest BCUT2D eigenvalue weighted by Crippen LogP contribution is -2.39. The summed E-state index contributed by atoms with van der Waals surface area (Å²) in [5.41, 5.74) is 6.05. The number of fused-ring (bicyclic) bond motifs is 1. The Morgan fingerprint density at radius 3 is 2.32 bits per heavy atom. The fourth-order valence-corrected chi connectivity index (χ4v) is 8.54. The van der Waals surface area contributed by atoms with Crippen molar-refractivity contribution in [2.45, 2.75) is 39.2 Å². The van der Waals surface area contributed by atoms with Crippen LogP contribution in [0.5, 0.6) is 0 Å². The molecule has 170 valence electrons. The van der Waals surface area contributed by atoms with Crippen LogP contribution in [-0.4, -0.2) is 4.57 Å². The van der Waals surface area contributed by atoms with Gasteiger partial charge in [0.05, 0.1) is 16.0 Å². The normalized spacial score (nSPS) is 21.1. The molecule has 2 aromatic carbocycles. The highest BCUT2D eigenvalue weighted by molar-refractivity contribution is 8.35. The van der Waals surface area contributed by atoms with Crippen LogP contribution in [0, 0.1) is 0 Å². The average Bonchev–Trinajstić information content (AvgIpc) is 3.37. The third kappa shape index (κ3) is 3.78. The molecule has 3 heterocycles. The molecule has 3 aromatic rings. The standard InChI is InChI=1S/C28H24N2OS3/c1-17-18(2)33-27(32-17)25-26(31)30-24(20-12-7-4-8-13-20)22-15-9-14-21(23(22)29-28(30)34-25)16-19-10-5-3-6-11-19/h3-8,10-13,16,24H,9,14-15H2,1-2H3/b21-16-/t24-/m1/s1. The Morgan fingerprint density at radius 2 is 1.62 bits per heavy atom. The summed E-state index contributed by atoms with van der Waals surface area (Å²) in [6.07, 6.45) is 5.31. The number of hydrogen-bond acceptors (Lipinski definition) is 5. The van der Waals surface area contributed by atoms with Crippen molar-refractivity contribution in [3.63, 3.8) is 0 Å². The molecule has 0 N–H and O–H groups in total. The van der Waals surface area contributed by atoms with E-state index in [0.29, 0.717) is 0 Å². The van der Waals surface area contributed by atoms with Gasteiger partial charge in [0.2, 0.25) is 0 Å². The molecule has 3 nitrogen and oxygen atoms in total. The van der Waals surface area contributed by atoms with E-state index in [0.717, 1.165) is 44.1 Å². The largest absolute Gasteiger partial charge is 0.272 e. The number of thiazole rings is 1. The van der Waals surface area contributed by atoms with Crippen LogP contribution < -0.4 is 14.9 Å². The van der Waals surface area contributed by atoms with Gasteiger partial charge in [0.25, 0.3) is 5.56 Å². The second-order valence-electron chi connectivity index (χ2n) is 8.73. The van der Waals surface area contributed by atoms with Crippen molar-refractivity contribution in [2.24, 2.45) is 4.99 Å². The second kappa shape index (κ2) is 8.91. The summed E-state index contributed by atoms with van der Waals surface area (Å²) in [5.74, 6) is 0. The molecule has 0 bridgehead atoms. The van der Waals surface area contributed by atoms with E-state index in [4.69, 9.17) is 4.99 Å². The summed E-state index contributed by atoms with van der Waals surface area (Å²) in [7, 11) is 0. The van der Waals surface area contributed by atoms with Crippen molar-refractivity contribution < 1.29 is 0 Å². The van der Waals surface area contributed by atoms with Gasteiger partial charge in [-0.2, -0.15) is 0 Å². The number of hydrogen-bond donors (Lipinski definition) is 0. The van der Waals surface area contributed by atoms with Gasteiger partial charge in [-0.3, -0.25) is 9.36 Å². The van der Waals surface area contributed by atoms with Gasteiger partial charge in [-0.05, 0) is 71.3 Å². The van der Waals surface area contributed by atoms with Crippen LogP contribution >= 0.6 is 34.9 Å². The fourth-order valence-electron chi connectivity index (χ4n) is 4.80. The molecule has 1 atom stereocenters. The summed E-state index contributed by atoms with van der Waals surface area (Å²) < 4.78 is 3.86. The summed E-state index contributed by atoms with van der Waals surface area (Å²) >= 11 is 4.98. The van der Waals surface area contributed by atoms with E-state index in [-0.39, 0.29) is 11.6 Å². The van der Waals surface area contributed by atoms with Crippen molar-refractivity contribution in [2.75, 3.05) is 0 Å². The highest BCUT2D eigenvalue weighted by Crippen LogP contribution is 2.49. The van der Waals surface area contributed by atoms with Crippen LogP contribution in [0.25, 0.3) is 10.3 Å². The van der Waals surface area contributed by atoms with E-state index in [1.54, 1.807) is 34.9 Å². The summed E-state index contributed by atoms with van der Waals surface area (Å²) in [6, 6.07) is 20.8. The van der Waals surface area contributed by atoms with Crippen LogP contribution in [-0.2, 0) is 0 Å². The zero-order valence-electron chi connectivity index (χ0n) is 19.1. The van der Waals surface area contributed by atoms with Gasteiger partial charge >= 0.3 is 0 Å². The molecule has 3 aliphatic rings. The molecule has 0 saturated heterocycles. The molecule has 34 heavy (non-hydrogen) atoms. The minimum Gasteiger partial charge on any atom is -0.272 e. The predicted molar refractivity (Wildman–Crippen MR) is 146 cm³/mol. The topological polar surface area (TPSA) is 34.4 Å². The quantitative estimate of drug-likeness (QED) is 0.405. The molecule has 1 aromatic heterocycles. The van der Waals surface area contributed by atoms with Gasteiger partial charge in [0.15, 0.2) is 4.80 Å². The minimum atomic E-state index is -0.104. The maximum atomic E-state index is 13.9. The first-order valence-electron chi connectivity index (χ1n) is 11.5. The lowest BCUT2D eigenvalue weighted by molar-refractivity contribution is 0.553. The Balaban J connectivity index is 1.60. The fraction of sp³-hybridized carbons (Fsp3) is 0.214. The van der Waals surface area contributed by atoms with E-state index in [1.165, 1.54) is 26.5 Å². The maximum absolute atomic E-state index is 13.9. The molecule has 0 spiro atoms. The molecular formula is C28H24N2OS3. The molecule has 0 radical (unpaired) electrons. The predicted octanol–water partition coefficient (Wildman–Crippen LogP) is 6.45. The van der Waals surface area contributed by atoms with Crippen molar-refractivity contribution in [1.82, 2.24) is 4.57 Å². The summed E-state index contributed by atoms with van der Waals surface area (Å²) in [5, 5.41) is 0. The number of nitrogens with zero attached hydrogens (tertiary/aromatic N) is 2. The zero-order chi connectivity index (χ0) is 23.2. The highest BCUT2D eigenvalue weighted by Gasteiger charge is 2.33. The number of benzene rings is 2. The van der Waals surface area contributed by atoms with Crippen LogP contribution in [0.4, 0.5) is 0 Å². The van der Waals surface area contributed by atoms with Crippen molar-refractivity contribution in [3.05, 3.63) is 118 Å². The highest BCUT2D eigenvalue weighted by atomic mass is 32.2. The van der Waals surface area contributed by atoms with E-state index < -0.39 is 0 Å². The lowest BCUT2D eigenvalue weighted by Gasteiger charge is -2.31. The van der Waals surface area contributed by atoms with Crippen molar-refractivity contribution >= 4 is 45.2 Å². The van der Waals surface area contributed by atoms with Crippen LogP contribution in [0.1, 0.15) is 50.3 Å². The van der Waals surface area contributed by atoms with Crippen LogP contribution in [0.2, 0.25) is 0 Å². The molecule has 6 rings (SSSR count). The molecule has 0 fully saturated rings. The van der Waals surface area contributed by atoms with Crippen molar-refractivity contribution in [3.8, 4) is 0 Å². The Bertz CT molecular complexity index is 1540. The third-order valence-electron chi connectivity index (χ3n) is 6.54. The molecule has 6 heteroatoms. The van der Waals surface area contributed by atoms with Gasteiger partial charge in [-0.1, -0.05) is 95.5 Å².